The van der Waals surface area contributed by atoms with E-state index in [1.165, 1.54) is 44.6 Å². The standard InChI is InChI=1S/C22H30Cl4N2O2.ClH/c1-27(19(29)14-30-18-13-15(23)20(24)22(26)21(18)25)16-9-5-6-10-17(16)28-11-7-3-2-4-8-12-28;/h13,16-17H,2-12,14H2,1H3;1H/t16-,17-;/m1./s1. The van der Waals surface area contributed by atoms with E-state index >= 15 is 0 Å². The lowest BCUT2D eigenvalue weighted by Crippen LogP contribution is -2.55. The van der Waals surface area contributed by atoms with Crippen LogP contribution >= 0.6 is 58.8 Å². The number of rotatable bonds is 5. The second kappa shape index (κ2) is 13.0. The fourth-order valence-electron chi connectivity index (χ4n) is 4.66. The number of likely N-dealkylation sites (tertiary alicyclic amines) is 1. The Bertz CT molecular complexity index is 741. The van der Waals surface area contributed by atoms with Gasteiger partial charge in [-0.25, -0.2) is 0 Å². The second-order valence-corrected chi connectivity index (χ2v) is 9.86. The number of likely N-dealkylation sites (N-methyl/N-ethyl adjacent to an activating group) is 1. The van der Waals surface area contributed by atoms with Crippen LogP contribution in [0.2, 0.25) is 20.1 Å². The molecule has 1 aromatic carbocycles. The van der Waals surface area contributed by atoms with E-state index in [2.05, 4.69) is 4.90 Å². The maximum absolute atomic E-state index is 13.0. The summed E-state index contributed by atoms with van der Waals surface area (Å²) in [5.74, 6) is 0.194. The third kappa shape index (κ3) is 6.94. The van der Waals surface area contributed by atoms with Crippen LogP contribution in [0.3, 0.4) is 0 Å². The number of carbonyl (C=O) groups excluding carboxylic acids is 1. The molecule has 0 aromatic heterocycles. The fraction of sp³-hybridized carbons (Fsp3) is 0.682. The van der Waals surface area contributed by atoms with Crippen molar-refractivity contribution in [2.75, 3.05) is 26.7 Å². The van der Waals surface area contributed by atoms with Gasteiger partial charge in [0.15, 0.2) is 6.61 Å². The molecule has 0 unspecified atom stereocenters. The van der Waals surface area contributed by atoms with Crippen molar-refractivity contribution in [3.8, 4) is 5.75 Å². The van der Waals surface area contributed by atoms with Crippen molar-refractivity contribution in [3.63, 3.8) is 0 Å². The molecule has 9 heteroatoms. The molecule has 1 aliphatic heterocycles. The summed E-state index contributed by atoms with van der Waals surface area (Å²) in [5, 5.41) is 0.715. The van der Waals surface area contributed by atoms with E-state index in [0.717, 1.165) is 32.4 Å². The Morgan fingerprint density at radius 2 is 1.58 bits per heavy atom. The minimum atomic E-state index is -0.117. The van der Waals surface area contributed by atoms with Crippen LogP contribution in [0.1, 0.15) is 57.8 Å². The van der Waals surface area contributed by atoms with Crippen LogP contribution in [-0.2, 0) is 4.79 Å². The predicted octanol–water partition coefficient (Wildman–Crippen LogP) is 7.14. The predicted molar refractivity (Wildman–Crippen MR) is 133 cm³/mol. The first kappa shape index (κ1) is 27.1. The summed E-state index contributed by atoms with van der Waals surface area (Å²) < 4.78 is 5.68. The Morgan fingerprint density at radius 1 is 0.968 bits per heavy atom. The lowest BCUT2D eigenvalue weighted by molar-refractivity contribution is -0.136. The van der Waals surface area contributed by atoms with Crippen LogP contribution < -0.4 is 4.74 Å². The van der Waals surface area contributed by atoms with Crippen molar-refractivity contribution < 1.29 is 9.53 Å². The van der Waals surface area contributed by atoms with Crippen molar-refractivity contribution >= 4 is 64.7 Å². The Kier molecular flexibility index (Phi) is 11.3. The molecule has 2 aliphatic rings. The van der Waals surface area contributed by atoms with Crippen molar-refractivity contribution in [3.05, 3.63) is 26.2 Å². The van der Waals surface area contributed by atoms with E-state index in [-0.39, 0.29) is 56.8 Å². The monoisotopic (exact) mass is 530 g/mol. The van der Waals surface area contributed by atoms with Crippen molar-refractivity contribution in [2.24, 2.45) is 0 Å². The van der Waals surface area contributed by atoms with Gasteiger partial charge in [-0.2, -0.15) is 0 Å². The molecule has 1 aliphatic carbocycles. The maximum Gasteiger partial charge on any atom is 0.260 e. The number of amides is 1. The summed E-state index contributed by atoms with van der Waals surface area (Å²) in [7, 11) is 1.89. The molecule has 0 N–H and O–H groups in total. The highest BCUT2D eigenvalue weighted by Crippen LogP contribution is 2.42. The Balaban J connectivity index is 0.00000341. The van der Waals surface area contributed by atoms with Crippen LogP contribution in [-0.4, -0.2) is 54.5 Å². The van der Waals surface area contributed by atoms with Crippen LogP contribution in [0, 0.1) is 0 Å². The first-order valence-electron chi connectivity index (χ1n) is 10.9. The van der Waals surface area contributed by atoms with E-state index in [1.807, 2.05) is 11.9 Å². The Morgan fingerprint density at radius 3 is 2.26 bits per heavy atom. The van der Waals surface area contributed by atoms with Gasteiger partial charge in [0.05, 0.1) is 15.1 Å². The molecule has 1 saturated carbocycles. The summed E-state index contributed by atoms with van der Waals surface area (Å²) in [6, 6.07) is 2.13. The van der Waals surface area contributed by atoms with Crippen molar-refractivity contribution in [2.45, 2.75) is 69.9 Å². The third-order valence-corrected chi connectivity index (χ3v) is 8.10. The highest BCUT2D eigenvalue weighted by molar-refractivity contribution is 6.52. The molecule has 1 saturated heterocycles. The second-order valence-electron chi connectivity index (χ2n) is 8.31. The number of halogens is 5. The Hall–Kier alpha value is -0.100. The highest BCUT2D eigenvalue weighted by atomic mass is 35.5. The molecule has 1 aromatic rings. The summed E-state index contributed by atoms with van der Waals surface area (Å²) in [6.45, 7) is 2.15. The van der Waals surface area contributed by atoms with E-state index in [4.69, 9.17) is 51.1 Å². The van der Waals surface area contributed by atoms with Crippen molar-refractivity contribution in [1.29, 1.82) is 0 Å². The lowest BCUT2D eigenvalue weighted by atomic mass is 9.87. The topological polar surface area (TPSA) is 32.8 Å². The van der Waals surface area contributed by atoms with Crippen molar-refractivity contribution in [1.82, 2.24) is 9.80 Å². The molecule has 2 fully saturated rings. The molecular formula is C22H31Cl5N2O2. The third-order valence-electron chi connectivity index (χ3n) is 6.36. The zero-order valence-corrected chi connectivity index (χ0v) is 21.7. The Labute approximate surface area is 211 Å². The van der Waals surface area contributed by atoms with Gasteiger partial charge >= 0.3 is 0 Å². The number of benzene rings is 1. The maximum atomic E-state index is 13.0. The van der Waals surface area contributed by atoms with Gasteiger partial charge < -0.3 is 9.64 Å². The molecule has 0 bridgehead atoms. The van der Waals surface area contributed by atoms with E-state index in [9.17, 15) is 4.79 Å². The largest absolute Gasteiger partial charge is 0.482 e. The van der Waals surface area contributed by atoms with Gasteiger partial charge in [0.25, 0.3) is 5.91 Å². The first-order valence-corrected chi connectivity index (χ1v) is 12.4. The normalized spacial score (nSPS) is 22.7. The number of hydrogen-bond donors (Lipinski definition) is 0. The fourth-order valence-corrected chi connectivity index (χ4v) is 5.49. The van der Waals surface area contributed by atoms with Gasteiger partial charge in [-0.1, -0.05) is 78.5 Å². The lowest BCUT2D eigenvalue weighted by Gasteiger charge is -2.44. The van der Waals surface area contributed by atoms with Crippen LogP contribution in [0.4, 0.5) is 0 Å². The van der Waals surface area contributed by atoms with Crippen LogP contribution in [0.15, 0.2) is 6.07 Å². The number of carbonyl (C=O) groups is 1. The smallest absolute Gasteiger partial charge is 0.260 e. The molecule has 1 amide bonds. The summed E-state index contributed by atoms with van der Waals surface area (Å²) in [4.78, 5) is 17.5. The minimum Gasteiger partial charge on any atom is -0.482 e. The average Bonchev–Trinajstić information content (AvgIpc) is 2.73. The quantitative estimate of drug-likeness (QED) is 0.299. The SMILES string of the molecule is CN(C(=O)COc1cc(Cl)c(Cl)c(Cl)c1Cl)[C@@H]1CCCC[C@H]1N1CCCCCCC1.Cl. The first-order chi connectivity index (χ1) is 14.4. The zero-order chi connectivity index (χ0) is 21.7. The van der Waals surface area contributed by atoms with E-state index in [0.29, 0.717) is 6.04 Å². The van der Waals surface area contributed by atoms with Gasteiger partial charge in [-0.05, 0) is 38.8 Å². The molecule has 2 atom stereocenters. The summed E-state index contributed by atoms with van der Waals surface area (Å²) in [6.07, 6.45) is 11.0. The highest BCUT2D eigenvalue weighted by Gasteiger charge is 2.34. The molecule has 0 spiro atoms. The molecule has 4 nitrogen and oxygen atoms in total. The molecule has 31 heavy (non-hydrogen) atoms. The summed E-state index contributed by atoms with van der Waals surface area (Å²) >= 11 is 24.4. The van der Waals surface area contributed by atoms with E-state index < -0.39 is 0 Å². The van der Waals surface area contributed by atoms with Gasteiger partial charge in [-0.15, -0.1) is 12.4 Å². The molecule has 0 radical (unpaired) electrons. The van der Waals surface area contributed by atoms with Gasteiger partial charge in [-0.3, -0.25) is 9.69 Å². The van der Waals surface area contributed by atoms with Crippen LogP contribution in [0.25, 0.3) is 0 Å². The van der Waals surface area contributed by atoms with Gasteiger partial charge in [0, 0.05) is 25.2 Å². The van der Waals surface area contributed by atoms with Crippen LogP contribution in [0.5, 0.6) is 5.75 Å². The number of nitrogens with zero attached hydrogens (tertiary/aromatic N) is 2. The average molecular weight is 533 g/mol. The number of ether oxygens (including phenoxy) is 1. The minimum absolute atomic E-state index is 0. The zero-order valence-electron chi connectivity index (χ0n) is 17.8. The van der Waals surface area contributed by atoms with Gasteiger partial charge in [0.1, 0.15) is 10.8 Å². The molecular weight excluding hydrogens is 502 g/mol. The molecule has 176 valence electrons. The summed E-state index contributed by atoms with van der Waals surface area (Å²) in [5.41, 5.74) is 0. The van der Waals surface area contributed by atoms with Gasteiger partial charge in [0.2, 0.25) is 0 Å². The molecule has 3 rings (SSSR count). The number of hydrogen-bond acceptors (Lipinski definition) is 3. The van der Waals surface area contributed by atoms with E-state index in [1.54, 1.807) is 0 Å². The molecule has 1 heterocycles.